The summed E-state index contributed by atoms with van der Waals surface area (Å²) in [6.45, 7) is 8.55. The summed E-state index contributed by atoms with van der Waals surface area (Å²) in [6.07, 6.45) is 1.66. The fraction of sp³-hybridized carbons (Fsp3) is 0.706. The van der Waals surface area contributed by atoms with Crippen molar-refractivity contribution in [3.63, 3.8) is 0 Å². The van der Waals surface area contributed by atoms with E-state index in [4.69, 9.17) is 25.5 Å². The van der Waals surface area contributed by atoms with Crippen molar-refractivity contribution in [3.8, 4) is 0 Å². The minimum absolute atomic E-state index is 0.0570. The summed E-state index contributed by atoms with van der Waals surface area (Å²) in [4.78, 5) is 30.1. The predicted molar refractivity (Wildman–Crippen MR) is 91.8 cm³/mol. The van der Waals surface area contributed by atoms with Crippen LogP contribution in [0.4, 0.5) is 4.79 Å². The Kier molecular flexibility index (Phi) is 6.32. The van der Waals surface area contributed by atoms with Gasteiger partial charge < -0.3 is 18.8 Å². The molecule has 1 aliphatic heterocycles. The van der Waals surface area contributed by atoms with E-state index in [1.165, 1.54) is 0 Å². The fourth-order valence-corrected chi connectivity index (χ4v) is 2.79. The quantitative estimate of drug-likeness (QED) is 0.592. The molecule has 25 heavy (non-hydrogen) atoms. The van der Waals surface area contributed by atoms with E-state index in [9.17, 15) is 9.59 Å². The first-order valence-corrected chi connectivity index (χ1v) is 8.99. The number of carbonyl (C=O) groups excluding carboxylic acids is 2. The Morgan fingerprint density at radius 3 is 2.48 bits per heavy atom. The van der Waals surface area contributed by atoms with E-state index < -0.39 is 11.6 Å². The van der Waals surface area contributed by atoms with Crippen molar-refractivity contribution in [2.75, 3.05) is 19.2 Å². The molecule has 8 heteroatoms. The number of amides is 1. The first-order valence-electron chi connectivity index (χ1n) is 8.45. The van der Waals surface area contributed by atoms with Gasteiger partial charge in [-0.3, -0.25) is 0 Å². The van der Waals surface area contributed by atoms with E-state index in [0.717, 1.165) is 0 Å². The van der Waals surface area contributed by atoms with Crippen LogP contribution in [-0.2, 0) is 15.9 Å². The molecule has 0 aromatic carbocycles. The lowest BCUT2D eigenvalue weighted by atomic mass is 9.97. The number of rotatable bonds is 4. The molecule has 0 bridgehead atoms. The molecule has 140 valence electrons. The van der Waals surface area contributed by atoms with E-state index in [1.54, 1.807) is 4.90 Å². The zero-order chi connectivity index (χ0) is 18.6. The molecule has 1 fully saturated rings. The Morgan fingerprint density at radius 2 is 1.96 bits per heavy atom. The number of hydrogen-bond acceptors (Lipinski definition) is 6. The normalized spacial score (nSPS) is 16.0. The maximum atomic E-state index is 12.1. The Hall–Kier alpha value is -1.76. The molecule has 0 unspecified atom stereocenters. The van der Waals surface area contributed by atoms with E-state index in [2.05, 4.69) is 4.98 Å². The number of nitrogens with zero attached hydrogens (tertiary/aromatic N) is 2. The Labute approximate surface area is 152 Å². The van der Waals surface area contributed by atoms with Crippen molar-refractivity contribution in [3.05, 3.63) is 17.3 Å². The van der Waals surface area contributed by atoms with Crippen LogP contribution in [0.25, 0.3) is 0 Å². The van der Waals surface area contributed by atoms with Crippen molar-refractivity contribution in [1.82, 2.24) is 9.88 Å². The van der Waals surface area contributed by atoms with Crippen LogP contribution >= 0.6 is 11.6 Å². The van der Waals surface area contributed by atoms with Gasteiger partial charge >= 0.3 is 12.1 Å². The van der Waals surface area contributed by atoms with Crippen LogP contribution in [0, 0.1) is 0 Å². The lowest BCUT2D eigenvalue weighted by molar-refractivity contribution is 0.0199. The highest BCUT2D eigenvalue weighted by Gasteiger charge is 2.31. The molecule has 0 radical (unpaired) electrons. The van der Waals surface area contributed by atoms with Crippen molar-refractivity contribution in [2.24, 2.45) is 0 Å². The maximum absolute atomic E-state index is 12.1. The number of aromatic nitrogens is 1. The van der Waals surface area contributed by atoms with E-state index in [1.807, 2.05) is 27.7 Å². The van der Waals surface area contributed by atoms with E-state index >= 15 is 0 Å². The van der Waals surface area contributed by atoms with Gasteiger partial charge in [0, 0.05) is 19.0 Å². The maximum Gasteiger partial charge on any atom is 0.410 e. The topological polar surface area (TPSA) is 81.9 Å². The standard InChI is InChI=1S/C17H25ClN2O5/c1-5-12-13(15(21)23-10-18)24-14(19-12)11-6-8-20(9-7-11)16(22)25-17(2,3)4/h11H,5-10H2,1-4H3. The average Bonchev–Trinajstić information content (AvgIpc) is 2.98. The largest absolute Gasteiger partial charge is 0.444 e. The molecule has 0 saturated carbocycles. The van der Waals surface area contributed by atoms with Crippen molar-refractivity contribution < 1.29 is 23.5 Å². The lowest BCUT2D eigenvalue weighted by Crippen LogP contribution is -2.41. The van der Waals surface area contributed by atoms with Crippen molar-refractivity contribution >= 4 is 23.7 Å². The van der Waals surface area contributed by atoms with Gasteiger partial charge in [-0.1, -0.05) is 18.5 Å². The summed E-state index contributed by atoms with van der Waals surface area (Å²) in [6, 6.07) is -0.230. The molecule has 1 aromatic heterocycles. The number of halogens is 1. The summed E-state index contributed by atoms with van der Waals surface area (Å²) >= 11 is 5.43. The third kappa shape index (κ3) is 5.11. The highest BCUT2D eigenvalue weighted by atomic mass is 35.5. The summed E-state index contributed by atoms with van der Waals surface area (Å²) in [5.74, 6) is 0.0910. The molecule has 2 heterocycles. The number of hydrogen-bond donors (Lipinski definition) is 0. The summed E-state index contributed by atoms with van der Waals surface area (Å²) in [5.41, 5.74) is 0.0594. The monoisotopic (exact) mass is 372 g/mol. The van der Waals surface area contributed by atoms with Gasteiger partial charge in [0.25, 0.3) is 0 Å². The molecule has 1 aliphatic rings. The third-order valence-corrected chi connectivity index (χ3v) is 4.02. The van der Waals surface area contributed by atoms with Gasteiger partial charge in [0.05, 0.1) is 5.69 Å². The van der Waals surface area contributed by atoms with Gasteiger partial charge in [-0.2, -0.15) is 0 Å². The fourth-order valence-electron chi connectivity index (χ4n) is 2.69. The van der Waals surface area contributed by atoms with E-state index in [-0.39, 0.29) is 23.8 Å². The number of alkyl halides is 1. The Morgan fingerprint density at radius 1 is 1.32 bits per heavy atom. The number of piperidine rings is 1. The molecular formula is C17H25ClN2O5. The molecule has 7 nitrogen and oxygen atoms in total. The third-order valence-electron chi connectivity index (χ3n) is 3.92. The number of carbonyl (C=O) groups is 2. The minimum Gasteiger partial charge on any atom is -0.444 e. The Bertz CT molecular complexity index is 615. The molecular weight excluding hydrogens is 348 g/mol. The first-order chi connectivity index (χ1) is 11.7. The SMILES string of the molecule is CCc1nc(C2CCN(C(=O)OC(C)(C)C)CC2)oc1C(=O)OCCl. The van der Waals surface area contributed by atoms with Gasteiger partial charge in [-0.15, -0.1) is 0 Å². The first kappa shape index (κ1) is 19.6. The average molecular weight is 373 g/mol. The second kappa shape index (κ2) is 8.08. The van der Waals surface area contributed by atoms with E-state index in [0.29, 0.717) is 43.9 Å². The summed E-state index contributed by atoms with van der Waals surface area (Å²) in [7, 11) is 0. The highest BCUT2D eigenvalue weighted by Crippen LogP contribution is 2.30. The zero-order valence-corrected chi connectivity index (χ0v) is 15.9. The molecule has 1 saturated heterocycles. The molecule has 1 aromatic rings. The van der Waals surface area contributed by atoms with Crippen molar-refractivity contribution in [2.45, 2.75) is 58.5 Å². The van der Waals surface area contributed by atoms with Crippen LogP contribution in [0.1, 0.15) is 68.6 Å². The smallest absolute Gasteiger partial charge is 0.410 e. The van der Waals surface area contributed by atoms with Gasteiger partial charge in [-0.25, -0.2) is 14.6 Å². The second-order valence-electron chi connectivity index (χ2n) is 6.96. The number of likely N-dealkylation sites (tertiary alicyclic amines) is 1. The van der Waals surface area contributed by atoms with Crippen LogP contribution in [0.15, 0.2) is 4.42 Å². The van der Waals surface area contributed by atoms with Crippen LogP contribution in [-0.4, -0.2) is 46.7 Å². The number of ether oxygens (including phenoxy) is 2. The predicted octanol–water partition coefficient (Wildman–Crippen LogP) is 3.70. The number of esters is 1. The van der Waals surface area contributed by atoms with Crippen LogP contribution in [0.2, 0.25) is 0 Å². The summed E-state index contributed by atoms with van der Waals surface area (Å²) < 4.78 is 15.8. The molecule has 0 atom stereocenters. The van der Waals surface area contributed by atoms with Gasteiger partial charge in [0.15, 0.2) is 12.0 Å². The minimum atomic E-state index is -0.600. The van der Waals surface area contributed by atoms with Crippen molar-refractivity contribution in [1.29, 1.82) is 0 Å². The Balaban J connectivity index is 2.01. The molecule has 0 spiro atoms. The molecule has 0 N–H and O–H groups in total. The van der Waals surface area contributed by atoms with Crippen LogP contribution in [0.5, 0.6) is 0 Å². The number of oxazole rings is 1. The van der Waals surface area contributed by atoms with Gasteiger partial charge in [0.1, 0.15) is 5.60 Å². The molecule has 0 aliphatic carbocycles. The number of aryl methyl sites for hydroxylation is 1. The second-order valence-corrected chi connectivity index (χ2v) is 7.18. The van der Waals surface area contributed by atoms with Gasteiger partial charge in [0.2, 0.25) is 5.76 Å². The zero-order valence-electron chi connectivity index (χ0n) is 15.1. The van der Waals surface area contributed by atoms with Crippen LogP contribution < -0.4 is 0 Å². The van der Waals surface area contributed by atoms with Gasteiger partial charge in [-0.05, 0) is 40.0 Å². The highest BCUT2D eigenvalue weighted by molar-refractivity contribution is 6.17. The molecule has 2 rings (SSSR count). The van der Waals surface area contributed by atoms with Crippen LogP contribution in [0.3, 0.4) is 0 Å². The lowest BCUT2D eigenvalue weighted by Gasteiger charge is -2.32. The summed E-state index contributed by atoms with van der Waals surface area (Å²) in [5, 5.41) is 0. The molecule has 1 amide bonds.